The Morgan fingerprint density at radius 3 is 2.44 bits per heavy atom. The minimum Gasteiger partial charge on any atom is -0.460 e. The van der Waals surface area contributed by atoms with Gasteiger partial charge in [-0.15, -0.1) is 11.3 Å². The molecule has 0 unspecified atom stereocenters. The van der Waals surface area contributed by atoms with Crippen molar-refractivity contribution in [2.75, 3.05) is 23.7 Å². The first kappa shape index (κ1) is 23.7. The number of thiophene rings is 1. The fourth-order valence-electron chi connectivity index (χ4n) is 3.59. The summed E-state index contributed by atoms with van der Waals surface area (Å²) in [7, 11) is 0. The van der Waals surface area contributed by atoms with E-state index in [0.29, 0.717) is 16.3 Å². The van der Waals surface area contributed by atoms with E-state index < -0.39 is 17.5 Å². The van der Waals surface area contributed by atoms with E-state index >= 15 is 0 Å². The minimum absolute atomic E-state index is 0.154. The van der Waals surface area contributed by atoms with Gasteiger partial charge in [0.2, 0.25) is 0 Å². The van der Waals surface area contributed by atoms with Gasteiger partial charge < -0.3 is 15.8 Å². The van der Waals surface area contributed by atoms with Crippen molar-refractivity contribution in [2.24, 2.45) is 5.73 Å². The molecular formula is C23H30N4O4S. The normalized spacial score (nSPS) is 13.9. The molecule has 3 amide bonds. The summed E-state index contributed by atoms with van der Waals surface area (Å²) >= 11 is 1.40. The molecule has 32 heavy (non-hydrogen) atoms. The van der Waals surface area contributed by atoms with E-state index in [4.69, 9.17) is 10.5 Å². The highest BCUT2D eigenvalue weighted by atomic mass is 32.1. The van der Waals surface area contributed by atoms with Gasteiger partial charge in [0.25, 0.3) is 5.91 Å². The zero-order chi connectivity index (χ0) is 23.5. The van der Waals surface area contributed by atoms with Crippen molar-refractivity contribution in [3.63, 3.8) is 0 Å². The lowest BCUT2D eigenvalue weighted by Gasteiger charge is -2.25. The monoisotopic (exact) mass is 458 g/mol. The Bertz CT molecular complexity index is 1010. The van der Waals surface area contributed by atoms with Crippen LogP contribution in [0.4, 0.5) is 15.5 Å². The summed E-state index contributed by atoms with van der Waals surface area (Å²) in [4.78, 5) is 39.9. The average Bonchev–Trinajstić information content (AvgIpc) is 3.04. The molecule has 3 rings (SSSR count). The Balaban J connectivity index is 1.64. The first-order chi connectivity index (χ1) is 15.1. The number of hydrogen-bond donors (Lipinski definition) is 3. The molecule has 1 aromatic carbocycles. The maximum Gasteiger partial charge on any atom is 0.324 e. The number of nitrogens with one attached hydrogen (secondary N) is 2. The second-order valence-electron chi connectivity index (χ2n) is 8.73. The number of benzene rings is 1. The summed E-state index contributed by atoms with van der Waals surface area (Å²) < 4.78 is 5.32. The zero-order valence-corrected chi connectivity index (χ0v) is 19.7. The highest BCUT2D eigenvalue weighted by Crippen LogP contribution is 2.37. The van der Waals surface area contributed by atoms with Gasteiger partial charge in [-0.2, -0.15) is 0 Å². The summed E-state index contributed by atoms with van der Waals surface area (Å²) in [6.45, 7) is 10.1. The van der Waals surface area contributed by atoms with Crippen LogP contribution >= 0.6 is 11.3 Å². The zero-order valence-electron chi connectivity index (χ0n) is 18.9. The van der Waals surface area contributed by atoms with Gasteiger partial charge in [0.15, 0.2) is 0 Å². The molecule has 2 aromatic rings. The number of nitrogens with zero attached hydrogens (tertiary/aromatic N) is 1. The molecule has 0 saturated carbocycles. The number of carbonyl (C=O) groups is 3. The molecule has 1 aliphatic rings. The molecule has 4 N–H and O–H groups in total. The predicted octanol–water partition coefficient (Wildman–Crippen LogP) is 3.75. The van der Waals surface area contributed by atoms with E-state index in [1.807, 2.05) is 20.8 Å². The molecule has 8 nitrogen and oxygen atoms in total. The van der Waals surface area contributed by atoms with Crippen LogP contribution in [0, 0.1) is 0 Å². The lowest BCUT2D eigenvalue weighted by Crippen LogP contribution is -2.30. The summed E-state index contributed by atoms with van der Waals surface area (Å²) in [6.07, 6.45) is 0.890. The second kappa shape index (κ2) is 9.70. The number of carbonyl (C=O) groups excluding carboxylic acids is 3. The number of fused-ring (bicyclic) bond motifs is 1. The Morgan fingerprint density at radius 1 is 1.16 bits per heavy atom. The van der Waals surface area contributed by atoms with Gasteiger partial charge in [-0.25, -0.2) is 4.79 Å². The van der Waals surface area contributed by atoms with Crippen molar-refractivity contribution in [3.05, 3.63) is 45.8 Å². The molecule has 1 aromatic heterocycles. The van der Waals surface area contributed by atoms with Crippen molar-refractivity contribution in [1.82, 2.24) is 4.90 Å². The van der Waals surface area contributed by atoms with E-state index in [1.165, 1.54) is 11.3 Å². The maximum atomic E-state index is 12.6. The Labute approximate surface area is 192 Å². The number of nitrogens with two attached hydrogens (primary N) is 1. The number of primary amides is 1. The quantitative estimate of drug-likeness (QED) is 0.571. The van der Waals surface area contributed by atoms with Crippen molar-refractivity contribution in [2.45, 2.75) is 52.7 Å². The van der Waals surface area contributed by atoms with Crippen LogP contribution in [0.1, 0.15) is 54.1 Å². The molecule has 0 aliphatic carbocycles. The van der Waals surface area contributed by atoms with Crippen LogP contribution in [0.15, 0.2) is 24.3 Å². The van der Waals surface area contributed by atoms with Gasteiger partial charge in [-0.1, -0.05) is 19.1 Å². The molecule has 172 valence electrons. The summed E-state index contributed by atoms with van der Waals surface area (Å²) in [5, 5.41) is 6.00. The lowest BCUT2D eigenvalue weighted by molar-refractivity contribution is -0.153. The smallest absolute Gasteiger partial charge is 0.324 e. The fourth-order valence-corrected chi connectivity index (χ4v) is 4.88. The number of amides is 3. The third-order valence-electron chi connectivity index (χ3n) is 5.04. The highest BCUT2D eigenvalue weighted by Gasteiger charge is 2.27. The fraction of sp³-hybridized carbons (Fsp3) is 0.435. The van der Waals surface area contributed by atoms with E-state index in [1.54, 1.807) is 24.3 Å². The van der Waals surface area contributed by atoms with Crippen LogP contribution in [0.2, 0.25) is 0 Å². The van der Waals surface area contributed by atoms with Gasteiger partial charge in [-0.05, 0) is 57.0 Å². The molecule has 9 heteroatoms. The van der Waals surface area contributed by atoms with Crippen LogP contribution in [-0.2, 0) is 28.9 Å². The number of hydrogen-bond acceptors (Lipinski definition) is 6. The Morgan fingerprint density at radius 2 is 1.84 bits per heavy atom. The summed E-state index contributed by atoms with van der Waals surface area (Å²) in [6, 6.07) is 6.49. The molecule has 0 saturated heterocycles. The molecular weight excluding hydrogens is 428 g/mol. The standard InChI is InChI=1S/C23H30N4O4S/c1-5-27-11-10-16-17(13-27)32-21(19(16)20(24)29)26-22(30)25-15-8-6-14(7-9-15)12-18(28)31-23(2,3)4/h6-9H,5,10-13H2,1-4H3,(H2,24,29)(H2,25,26,30). The predicted molar refractivity (Wildman–Crippen MR) is 126 cm³/mol. The van der Waals surface area contributed by atoms with Crippen LogP contribution in [-0.4, -0.2) is 41.5 Å². The number of urea groups is 1. The van der Waals surface area contributed by atoms with Crippen molar-refractivity contribution in [1.29, 1.82) is 0 Å². The van der Waals surface area contributed by atoms with Crippen molar-refractivity contribution < 1.29 is 19.1 Å². The molecule has 0 spiro atoms. The van der Waals surface area contributed by atoms with Gasteiger partial charge >= 0.3 is 12.0 Å². The lowest BCUT2D eigenvalue weighted by atomic mass is 10.0. The largest absolute Gasteiger partial charge is 0.460 e. The highest BCUT2D eigenvalue weighted by molar-refractivity contribution is 7.17. The number of anilines is 2. The second-order valence-corrected chi connectivity index (χ2v) is 9.84. The van der Waals surface area contributed by atoms with Gasteiger partial charge in [0.1, 0.15) is 10.6 Å². The van der Waals surface area contributed by atoms with Crippen LogP contribution < -0.4 is 16.4 Å². The molecule has 2 heterocycles. The van der Waals surface area contributed by atoms with Crippen LogP contribution in [0.5, 0.6) is 0 Å². The van der Waals surface area contributed by atoms with Gasteiger partial charge in [0, 0.05) is 23.7 Å². The Kier molecular flexibility index (Phi) is 7.20. The topological polar surface area (TPSA) is 114 Å². The number of likely N-dealkylation sites (N-methyl/N-ethyl adjacent to an activating group) is 1. The summed E-state index contributed by atoms with van der Waals surface area (Å²) in [5.41, 5.74) is 7.78. The van der Waals surface area contributed by atoms with Gasteiger partial charge in [0.05, 0.1) is 12.0 Å². The van der Waals surface area contributed by atoms with E-state index in [9.17, 15) is 14.4 Å². The minimum atomic E-state index is -0.533. The van der Waals surface area contributed by atoms with Gasteiger partial charge in [-0.3, -0.25) is 19.8 Å². The molecule has 0 radical (unpaired) electrons. The molecule has 0 fully saturated rings. The number of ether oxygens (including phenoxy) is 1. The average molecular weight is 459 g/mol. The SMILES string of the molecule is CCN1CCc2c(sc(NC(=O)Nc3ccc(CC(=O)OC(C)(C)C)cc3)c2C(N)=O)C1. The van der Waals surface area contributed by atoms with Crippen molar-refractivity contribution in [3.8, 4) is 0 Å². The molecule has 1 aliphatic heterocycles. The van der Waals surface area contributed by atoms with E-state index in [0.717, 1.165) is 42.1 Å². The van der Waals surface area contributed by atoms with E-state index in [2.05, 4.69) is 22.5 Å². The third-order valence-corrected chi connectivity index (χ3v) is 6.17. The first-order valence-electron chi connectivity index (χ1n) is 10.6. The van der Waals surface area contributed by atoms with Crippen LogP contribution in [0.3, 0.4) is 0 Å². The third kappa shape index (κ3) is 6.08. The Hall–Kier alpha value is -2.91. The summed E-state index contributed by atoms with van der Waals surface area (Å²) in [5.74, 6) is -0.840. The number of esters is 1. The first-order valence-corrected chi connectivity index (χ1v) is 11.4. The maximum absolute atomic E-state index is 12.6. The molecule has 0 atom stereocenters. The van der Waals surface area contributed by atoms with Crippen LogP contribution in [0.25, 0.3) is 0 Å². The van der Waals surface area contributed by atoms with Crippen molar-refractivity contribution >= 4 is 39.9 Å². The van der Waals surface area contributed by atoms with E-state index in [-0.39, 0.29) is 12.4 Å². The molecule has 0 bridgehead atoms. The number of rotatable bonds is 6.